The predicted molar refractivity (Wildman–Crippen MR) is 262 cm³/mol. The Bertz CT molecular complexity index is 3140. The number of hydrogen-bond acceptors (Lipinski definition) is 1. The van der Waals surface area contributed by atoms with Crippen LogP contribution in [-0.2, 0) is 0 Å². The van der Waals surface area contributed by atoms with E-state index in [1.807, 2.05) is 0 Å². The van der Waals surface area contributed by atoms with Crippen LogP contribution >= 0.6 is 0 Å². The first-order valence-electron chi connectivity index (χ1n) is 21.0. The van der Waals surface area contributed by atoms with E-state index in [9.17, 15) is 0 Å². The number of aromatic nitrogens is 1. The number of para-hydroxylation sites is 2. The van der Waals surface area contributed by atoms with Gasteiger partial charge < -0.3 is 9.47 Å². The summed E-state index contributed by atoms with van der Waals surface area (Å²) in [6.07, 6.45) is 0. The highest BCUT2D eigenvalue weighted by molar-refractivity contribution is 7.20. The number of anilines is 3. The molecule has 0 saturated heterocycles. The van der Waals surface area contributed by atoms with Crippen molar-refractivity contribution in [2.75, 3.05) is 4.90 Å². The molecule has 11 aromatic rings. The molecule has 0 N–H and O–H groups in total. The molecule has 0 radical (unpaired) electrons. The van der Waals surface area contributed by atoms with Crippen LogP contribution in [0.2, 0.25) is 0 Å². The molecule has 1 aromatic heterocycles. The zero-order chi connectivity index (χ0) is 40.6. The maximum absolute atomic E-state index is 2.77. The minimum Gasteiger partial charge on any atom is -0.310 e. The molecule has 0 aliphatic heterocycles. The van der Waals surface area contributed by atoms with Crippen molar-refractivity contribution in [2.45, 2.75) is 0 Å². The van der Waals surface area contributed by atoms with E-state index in [1.165, 1.54) is 64.5 Å². The van der Waals surface area contributed by atoms with Gasteiger partial charge in [-0.15, -0.1) is 0 Å². The Hall–Kier alpha value is -7.72. The van der Waals surface area contributed by atoms with Gasteiger partial charge in [0.15, 0.2) is 8.07 Å². The molecule has 0 bridgehead atoms. The molecule has 288 valence electrons. The maximum Gasteiger partial charge on any atom is 0.180 e. The third-order valence-corrected chi connectivity index (χ3v) is 17.2. The second kappa shape index (κ2) is 15.5. The van der Waals surface area contributed by atoms with Crippen molar-refractivity contribution in [1.29, 1.82) is 0 Å². The minimum absolute atomic E-state index is 1.12. The van der Waals surface area contributed by atoms with Gasteiger partial charge in [0.1, 0.15) is 0 Å². The van der Waals surface area contributed by atoms with Crippen molar-refractivity contribution in [3.8, 4) is 16.8 Å². The van der Waals surface area contributed by atoms with Gasteiger partial charge in [-0.2, -0.15) is 0 Å². The van der Waals surface area contributed by atoms with Crippen molar-refractivity contribution in [2.24, 2.45) is 0 Å². The first-order valence-corrected chi connectivity index (χ1v) is 23.0. The summed E-state index contributed by atoms with van der Waals surface area (Å²) in [6, 6.07) is 93.6. The summed E-state index contributed by atoms with van der Waals surface area (Å²) in [7, 11) is -2.77. The second-order valence-corrected chi connectivity index (χ2v) is 19.4. The Morgan fingerprint density at radius 2 is 0.836 bits per heavy atom. The van der Waals surface area contributed by atoms with Crippen LogP contribution in [0, 0.1) is 0 Å². The van der Waals surface area contributed by atoms with Gasteiger partial charge in [0.2, 0.25) is 0 Å². The molecular formula is C58H42N2Si. The molecule has 0 aliphatic carbocycles. The van der Waals surface area contributed by atoms with E-state index in [1.54, 1.807) is 0 Å². The van der Waals surface area contributed by atoms with Crippen LogP contribution < -0.4 is 25.6 Å². The SMILES string of the molecule is c1ccc(N(c2ccccc2)c2ccc3c(c2)c2c4ccccc4ccc2n3-c2ccc(-c3ccccc3[Si](c3ccccc3)(c3ccccc3)c3ccccc3)cc2)cc1. The summed E-state index contributed by atoms with van der Waals surface area (Å²) in [6.45, 7) is 0. The van der Waals surface area contributed by atoms with Crippen molar-refractivity contribution >= 4 is 78.5 Å². The average Bonchev–Trinajstić information content (AvgIpc) is 3.68. The average molecular weight is 795 g/mol. The van der Waals surface area contributed by atoms with E-state index >= 15 is 0 Å². The van der Waals surface area contributed by atoms with Crippen LogP contribution in [0.25, 0.3) is 49.4 Å². The monoisotopic (exact) mass is 794 g/mol. The lowest BCUT2D eigenvalue weighted by Crippen LogP contribution is -2.75. The van der Waals surface area contributed by atoms with E-state index in [2.05, 4.69) is 264 Å². The van der Waals surface area contributed by atoms with E-state index in [-0.39, 0.29) is 0 Å². The molecule has 2 nitrogen and oxygen atoms in total. The van der Waals surface area contributed by atoms with Crippen molar-refractivity contribution < 1.29 is 0 Å². The Morgan fingerprint density at radius 3 is 1.43 bits per heavy atom. The quantitative estimate of drug-likeness (QED) is 0.104. The Balaban J connectivity index is 1.10. The molecule has 0 spiro atoms. The van der Waals surface area contributed by atoms with Gasteiger partial charge in [0, 0.05) is 33.5 Å². The fourth-order valence-electron chi connectivity index (χ4n) is 9.68. The van der Waals surface area contributed by atoms with Gasteiger partial charge in [0.05, 0.1) is 11.0 Å². The third kappa shape index (κ3) is 6.18. The number of rotatable bonds is 9. The van der Waals surface area contributed by atoms with Crippen LogP contribution in [0.15, 0.2) is 255 Å². The van der Waals surface area contributed by atoms with E-state index in [0.717, 1.165) is 22.7 Å². The highest BCUT2D eigenvalue weighted by Gasteiger charge is 2.42. The highest BCUT2D eigenvalue weighted by atomic mass is 28.3. The van der Waals surface area contributed by atoms with E-state index < -0.39 is 8.07 Å². The second-order valence-electron chi connectivity index (χ2n) is 15.7. The largest absolute Gasteiger partial charge is 0.310 e. The zero-order valence-electron chi connectivity index (χ0n) is 33.6. The maximum atomic E-state index is 2.45. The van der Waals surface area contributed by atoms with Crippen LogP contribution in [0.5, 0.6) is 0 Å². The molecule has 0 atom stereocenters. The predicted octanol–water partition coefficient (Wildman–Crippen LogP) is 12.5. The lowest BCUT2D eigenvalue weighted by atomic mass is 10.0. The highest BCUT2D eigenvalue weighted by Crippen LogP contribution is 2.42. The van der Waals surface area contributed by atoms with Gasteiger partial charge in [-0.1, -0.05) is 194 Å². The van der Waals surface area contributed by atoms with Crippen LogP contribution in [0.1, 0.15) is 0 Å². The summed E-state index contributed by atoms with van der Waals surface area (Å²) in [5, 5.41) is 10.4. The van der Waals surface area contributed by atoms with Crippen molar-refractivity contribution in [1.82, 2.24) is 4.57 Å². The lowest BCUT2D eigenvalue weighted by molar-refractivity contribution is 1.18. The third-order valence-electron chi connectivity index (χ3n) is 12.3. The molecule has 11 rings (SSSR count). The number of benzene rings is 10. The van der Waals surface area contributed by atoms with Crippen LogP contribution in [-0.4, -0.2) is 12.6 Å². The smallest absolute Gasteiger partial charge is 0.180 e. The molecule has 0 unspecified atom stereocenters. The van der Waals surface area contributed by atoms with Crippen LogP contribution in [0.4, 0.5) is 17.1 Å². The topological polar surface area (TPSA) is 8.17 Å². The molecule has 1 heterocycles. The standard InChI is InChI=1S/C58H42N2Si/c1-6-21-45(22-7-1)59(46-23-8-2-9-24-46)48-39-41-55-54(42-48)58-53-32-17-16-20-43(53)36-40-56(58)60(55)47-37-34-44(35-38-47)52-31-18-19-33-57(52)61(49-25-10-3-11-26-49,50-27-12-4-13-28-50)51-29-14-5-15-30-51/h1-42H. The number of fused-ring (bicyclic) bond motifs is 5. The zero-order valence-corrected chi connectivity index (χ0v) is 34.6. The fourth-order valence-corrected chi connectivity index (χ4v) is 14.7. The van der Waals surface area contributed by atoms with Crippen molar-refractivity contribution in [3.05, 3.63) is 255 Å². The molecule has 61 heavy (non-hydrogen) atoms. The Labute approximate surface area is 357 Å². The van der Waals surface area contributed by atoms with E-state index in [4.69, 9.17) is 0 Å². The molecule has 0 amide bonds. The first-order chi connectivity index (χ1) is 30.3. The lowest BCUT2D eigenvalue weighted by Gasteiger charge is -2.36. The molecule has 10 aromatic carbocycles. The Kier molecular flexibility index (Phi) is 9.22. The molecule has 0 fully saturated rings. The number of nitrogens with zero attached hydrogens (tertiary/aromatic N) is 2. The summed E-state index contributed by atoms with van der Waals surface area (Å²) in [5.74, 6) is 0. The summed E-state index contributed by atoms with van der Waals surface area (Å²) in [4.78, 5) is 2.35. The normalized spacial score (nSPS) is 11.6. The van der Waals surface area contributed by atoms with Crippen molar-refractivity contribution in [3.63, 3.8) is 0 Å². The van der Waals surface area contributed by atoms with Gasteiger partial charge >= 0.3 is 0 Å². The summed E-state index contributed by atoms with van der Waals surface area (Å²) >= 11 is 0. The molecule has 3 heteroatoms. The van der Waals surface area contributed by atoms with Gasteiger partial charge in [0.25, 0.3) is 0 Å². The van der Waals surface area contributed by atoms with Gasteiger partial charge in [-0.25, -0.2) is 0 Å². The molecule has 0 saturated carbocycles. The summed E-state index contributed by atoms with van der Waals surface area (Å²) < 4.78 is 2.45. The van der Waals surface area contributed by atoms with Gasteiger partial charge in [-0.3, -0.25) is 0 Å². The molecule has 0 aliphatic rings. The van der Waals surface area contributed by atoms with E-state index in [0.29, 0.717) is 0 Å². The summed E-state index contributed by atoms with van der Waals surface area (Å²) in [5.41, 5.74) is 9.32. The number of hydrogen-bond donors (Lipinski definition) is 0. The Morgan fingerprint density at radius 1 is 0.344 bits per heavy atom. The minimum atomic E-state index is -2.77. The van der Waals surface area contributed by atoms with Crippen LogP contribution in [0.3, 0.4) is 0 Å². The fraction of sp³-hybridized carbons (Fsp3) is 0. The van der Waals surface area contributed by atoms with Gasteiger partial charge in [-0.05, 0) is 103 Å². The molecular weight excluding hydrogens is 753 g/mol. The first kappa shape index (κ1) is 36.4.